The van der Waals surface area contributed by atoms with E-state index in [1.165, 1.54) is 12.8 Å². The summed E-state index contributed by atoms with van der Waals surface area (Å²) in [6, 6.07) is 1.16. The second-order valence-electron chi connectivity index (χ2n) is 5.60. The maximum absolute atomic E-state index is 12.3. The molecular weight excluding hydrogens is 252 g/mol. The molecule has 2 saturated heterocycles. The summed E-state index contributed by atoms with van der Waals surface area (Å²) in [5.41, 5.74) is 0. The van der Waals surface area contributed by atoms with Crippen molar-refractivity contribution in [3.63, 3.8) is 0 Å². The fraction of sp³-hybridized carbons (Fsp3) is 1.00. The van der Waals surface area contributed by atoms with Gasteiger partial charge in [-0.15, -0.1) is 0 Å². The van der Waals surface area contributed by atoms with Gasteiger partial charge in [-0.2, -0.15) is 0 Å². The van der Waals surface area contributed by atoms with Crippen molar-refractivity contribution in [1.82, 2.24) is 9.62 Å². The van der Waals surface area contributed by atoms with Crippen LogP contribution in [0.5, 0.6) is 0 Å². The second-order valence-corrected chi connectivity index (χ2v) is 7.68. The molecule has 0 radical (unpaired) electrons. The number of hydrogen-bond acceptors (Lipinski definition) is 4. The molecule has 2 aliphatic rings. The van der Waals surface area contributed by atoms with Crippen molar-refractivity contribution in [2.75, 3.05) is 19.9 Å². The molecular formula is C12H24N2O3S. The molecule has 3 unspecified atom stereocenters. The zero-order valence-corrected chi connectivity index (χ0v) is 12.2. The van der Waals surface area contributed by atoms with Gasteiger partial charge in [-0.25, -0.2) is 12.7 Å². The van der Waals surface area contributed by atoms with Gasteiger partial charge in [0, 0.05) is 32.3 Å². The highest BCUT2D eigenvalue weighted by molar-refractivity contribution is 7.89. The summed E-state index contributed by atoms with van der Waals surface area (Å²) in [5, 5.41) is 3.53. The van der Waals surface area contributed by atoms with Gasteiger partial charge in [0.15, 0.2) is 0 Å². The van der Waals surface area contributed by atoms with Gasteiger partial charge in [-0.3, -0.25) is 0 Å². The molecule has 3 atom stereocenters. The van der Waals surface area contributed by atoms with Crippen molar-refractivity contribution in [3.8, 4) is 0 Å². The number of ether oxygens (including phenoxy) is 1. The molecule has 0 aromatic heterocycles. The molecule has 6 heteroatoms. The van der Waals surface area contributed by atoms with Crippen LogP contribution in [0.1, 0.15) is 32.6 Å². The molecule has 5 nitrogen and oxygen atoms in total. The molecule has 2 rings (SSSR count). The van der Waals surface area contributed by atoms with Crippen LogP contribution >= 0.6 is 0 Å². The van der Waals surface area contributed by atoms with Gasteiger partial charge in [-0.05, 0) is 32.6 Å². The molecule has 0 saturated carbocycles. The van der Waals surface area contributed by atoms with Crippen molar-refractivity contribution in [3.05, 3.63) is 0 Å². The molecule has 2 bridgehead atoms. The Morgan fingerprint density at radius 2 is 1.89 bits per heavy atom. The summed E-state index contributed by atoms with van der Waals surface area (Å²) < 4.78 is 31.2. The van der Waals surface area contributed by atoms with Crippen molar-refractivity contribution in [1.29, 1.82) is 0 Å². The maximum Gasteiger partial charge on any atom is 0.216 e. The standard InChI is InChI=1S/C12H24N2O3S/c1-9(17-3)8-18(15,16)14(2)12-6-10-4-5-11(7-12)13-10/h9-13H,4-8H2,1-3H3. The SMILES string of the molecule is COC(C)CS(=O)(=O)N(C)C1CC2CCC(C1)N2. The quantitative estimate of drug-likeness (QED) is 0.797. The monoisotopic (exact) mass is 276 g/mol. The topological polar surface area (TPSA) is 58.6 Å². The lowest BCUT2D eigenvalue weighted by Crippen LogP contribution is -2.49. The van der Waals surface area contributed by atoms with Crippen LogP contribution in [0.25, 0.3) is 0 Å². The van der Waals surface area contributed by atoms with Crippen LogP contribution in [0.3, 0.4) is 0 Å². The van der Waals surface area contributed by atoms with Crippen LogP contribution in [0.15, 0.2) is 0 Å². The Morgan fingerprint density at radius 1 is 1.33 bits per heavy atom. The molecule has 2 fully saturated rings. The van der Waals surface area contributed by atoms with E-state index in [1.807, 2.05) is 0 Å². The molecule has 0 aromatic rings. The molecule has 0 amide bonds. The van der Waals surface area contributed by atoms with E-state index in [-0.39, 0.29) is 17.9 Å². The van der Waals surface area contributed by atoms with Crippen LogP contribution in [0.4, 0.5) is 0 Å². The Hall–Kier alpha value is -0.170. The van der Waals surface area contributed by atoms with Gasteiger partial charge in [0.1, 0.15) is 0 Å². The van der Waals surface area contributed by atoms with Crippen LogP contribution in [-0.2, 0) is 14.8 Å². The van der Waals surface area contributed by atoms with E-state index < -0.39 is 10.0 Å². The summed E-state index contributed by atoms with van der Waals surface area (Å²) in [6.45, 7) is 1.79. The third-order valence-electron chi connectivity index (χ3n) is 4.25. The fourth-order valence-electron chi connectivity index (χ4n) is 3.03. The van der Waals surface area contributed by atoms with Crippen LogP contribution in [0, 0.1) is 0 Å². The third kappa shape index (κ3) is 3.04. The summed E-state index contributed by atoms with van der Waals surface area (Å²) in [6.07, 6.45) is 3.99. The van der Waals surface area contributed by atoms with E-state index >= 15 is 0 Å². The molecule has 0 spiro atoms. The number of nitrogens with one attached hydrogen (secondary N) is 1. The average molecular weight is 276 g/mol. The van der Waals surface area contributed by atoms with Crippen LogP contribution in [-0.4, -0.2) is 56.9 Å². The number of sulfonamides is 1. The van der Waals surface area contributed by atoms with Gasteiger partial charge in [0.2, 0.25) is 10.0 Å². The first-order chi connectivity index (χ1) is 8.42. The van der Waals surface area contributed by atoms with Crippen molar-refractivity contribution < 1.29 is 13.2 Å². The van der Waals surface area contributed by atoms with Gasteiger partial charge in [0.25, 0.3) is 0 Å². The minimum Gasteiger partial charge on any atom is -0.381 e. The fourth-order valence-corrected chi connectivity index (χ4v) is 4.62. The molecule has 1 N–H and O–H groups in total. The summed E-state index contributed by atoms with van der Waals surface area (Å²) in [7, 11) is 0.0522. The van der Waals surface area contributed by atoms with Gasteiger partial charge >= 0.3 is 0 Å². The highest BCUT2D eigenvalue weighted by atomic mass is 32.2. The lowest BCUT2D eigenvalue weighted by atomic mass is 10.0. The van der Waals surface area contributed by atoms with Crippen molar-refractivity contribution >= 4 is 10.0 Å². The highest BCUT2D eigenvalue weighted by Crippen LogP contribution is 2.30. The Bertz CT molecular complexity index is 373. The van der Waals surface area contributed by atoms with Gasteiger partial charge < -0.3 is 10.1 Å². The summed E-state index contributed by atoms with van der Waals surface area (Å²) in [4.78, 5) is 0. The van der Waals surface area contributed by atoms with Crippen molar-refractivity contribution in [2.45, 2.75) is 56.8 Å². The first kappa shape index (κ1) is 14.2. The first-order valence-electron chi connectivity index (χ1n) is 6.67. The summed E-state index contributed by atoms with van der Waals surface area (Å²) in [5.74, 6) is 0.0687. The molecule has 106 valence electrons. The third-order valence-corrected chi connectivity index (χ3v) is 6.32. The van der Waals surface area contributed by atoms with Gasteiger partial charge in [0.05, 0.1) is 11.9 Å². The van der Waals surface area contributed by atoms with Crippen LogP contribution in [0.2, 0.25) is 0 Å². The molecule has 0 aliphatic carbocycles. The van der Waals surface area contributed by atoms with E-state index in [0.29, 0.717) is 12.1 Å². The van der Waals surface area contributed by atoms with Crippen LogP contribution < -0.4 is 5.32 Å². The van der Waals surface area contributed by atoms with E-state index in [0.717, 1.165) is 12.8 Å². The zero-order chi connectivity index (χ0) is 13.3. The van der Waals surface area contributed by atoms with E-state index in [1.54, 1.807) is 25.4 Å². The highest BCUT2D eigenvalue weighted by Gasteiger charge is 2.38. The Labute approximate surface area is 110 Å². The lowest BCUT2D eigenvalue weighted by molar-refractivity contribution is 0.134. The molecule has 2 heterocycles. The lowest BCUT2D eigenvalue weighted by Gasteiger charge is -2.35. The maximum atomic E-state index is 12.3. The van der Waals surface area contributed by atoms with Gasteiger partial charge in [-0.1, -0.05) is 0 Å². The minimum atomic E-state index is -3.21. The van der Waals surface area contributed by atoms with E-state index in [2.05, 4.69) is 5.32 Å². The first-order valence-corrected chi connectivity index (χ1v) is 8.28. The number of fused-ring (bicyclic) bond motifs is 2. The minimum absolute atomic E-state index is 0.0687. The van der Waals surface area contributed by atoms with Crippen molar-refractivity contribution in [2.24, 2.45) is 0 Å². The molecule has 18 heavy (non-hydrogen) atoms. The molecule has 0 aromatic carbocycles. The predicted octanol–water partition coefficient (Wildman–Crippen LogP) is 0.566. The Kier molecular flexibility index (Phi) is 4.31. The molecule has 2 aliphatic heterocycles. The number of rotatable bonds is 5. The smallest absolute Gasteiger partial charge is 0.216 e. The number of hydrogen-bond donors (Lipinski definition) is 1. The largest absolute Gasteiger partial charge is 0.381 e. The normalized spacial score (nSPS) is 33.9. The number of piperidine rings is 1. The zero-order valence-electron chi connectivity index (χ0n) is 11.4. The van der Waals surface area contributed by atoms with E-state index in [9.17, 15) is 8.42 Å². The average Bonchev–Trinajstić information content (AvgIpc) is 2.66. The second kappa shape index (κ2) is 5.45. The van der Waals surface area contributed by atoms with E-state index in [4.69, 9.17) is 4.74 Å². The number of methoxy groups -OCH3 is 1. The number of nitrogens with zero attached hydrogens (tertiary/aromatic N) is 1. The predicted molar refractivity (Wildman–Crippen MR) is 71.0 cm³/mol. The Balaban J connectivity index is 2.00. The Morgan fingerprint density at radius 3 is 2.39 bits per heavy atom. The summed E-state index contributed by atoms with van der Waals surface area (Å²) >= 11 is 0.